The normalized spacial score (nSPS) is 25.3. The van der Waals surface area contributed by atoms with E-state index in [1.165, 1.54) is 11.2 Å². The van der Waals surface area contributed by atoms with Crippen molar-refractivity contribution in [2.45, 2.75) is 44.8 Å². The van der Waals surface area contributed by atoms with E-state index in [0.717, 1.165) is 5.69 Å². The molecular weight excluding hydrogens is 298 g/mol. The summed E-state index contributed by atoms with van der Waals surface area (Å²) < 4.78 is 1.62. The van der Waals surface area contributed by atoms with Gasteiger partial charge in [0.2, 0.25) is 0 Å². The summed E-state index contributed by atoms with van der Waals surface area (Å²) in [5.41, 5.74) is -0.0343. The van der Waals surface area contributed by atoms with Crippen molar-refractivity contribution in [2.24, 2.45) is 0 Å². The van der Waals surface area contributed by atoms with Crippen molar-refractivity contribution < 1.29 is 15.0 Å². The topological polar surface area (TPSA) is 104 Å². The van der Waals surface area contributed by atoms with E-state index in [-0.39, 0.29) is 24.1 Å². The van der Waals surface area contributed by atoms with Crippen molar-refractivity contribution in [1.29, 1.82) is 0 Å². The molecule has 1 aliphatic rings. The van der Waals surface area contributed by atoms with Gasteiger partial charge in [-0.1, -0.05) is 13.8 Å². The number of rotatable bonds is 2. The Kier molecular flexibility index (Phi) is 3.81. The standard InChI is InChI=1S/C15H21N5O3/c1-9(2)11-6-10(18-14-16-8-17-20(11)14)13(22)19-5-4-15(3,23)12(21)7-19/h6,8-9,12,21,23H,4-5,7H2,1-3H3/t12-,15-/m1/s1. The minimum absolute atomic E-state index is 0.0857. The molecule has 0 aliphatic carbocycles. The average Bonchev–Trinajstić information content (AvgIpc) is 2.96. The molecule has 124 valence electrons. The van der Waals surface area contributed by atoms with Crippen molar-refractivity contribution in [3.63, 3.8) is 0 Å². The van der Waals surface area contributed by atoms with Gasteiger partial charge in [-0.15, -0.1) is 0 Å². The van der Waals surface area contributed by atoms with Crippen molar-refractivity contribution >= 4 is 11.7 Å². The fourth-order valence-electron chi connectivity index (χ4n) is 2.73. The van der Waals surface area contributed by atoms with Crippen LogP contribution < -0.4 is 0 Å². The maximum atomic E-state index is 12.7. The van der Waals surface area contributed by atoms with Gasteiger partial charge in [-0.3, -0.25) is 4.79 Å². The summed E-state index contributed by atoms with van der Waals surface area (Å²) in [6.45, 7) is 6.05. The lowest BCUT2D eigenvalue weighted by Gasteiger charge is -2.39. The minimum Gasteiger partial charge on any atom is -0.388 e. The average molecular weight is 319 g/mol. The first-order chi connectivity index (χ1) is 10.8. The van der Waals surface area contributed by atoms with Gasteiger partial charge in [-0.05, 0) is 25.3 Å². The second-order valence-electron chi connectivity index (χ2n) is 6.57. The van der Waals surface area contributed by atoms with E-state index in [0.29, 0.717) is 18.7 Å². The van der Waals surface area contributed by atoms with E-state index in [9.17, 15) is 15.0 Å². The lowest BCUT2D eigenvalue weighted by molar-refractivity contribution is -0.0999. The van der Waals surface area contributed by atoms with Gasteiger partial charge in [0, 0.05) is 13.1 Å². The summed E-state index contributed by atoms with van der Waals surface area (Å²) in [6, 6.07) is 1.72. The van der Waals surface area contributed by atoms with E-state index in [2.05, 4.69) is 15.1 Å². The third kappa shape index (κ3) is 2.79. The number of carbonyl (C=O) groups is 1. The smallest absolute Gasteiger partial charge is 0.272 e. The summed E-state index contributed by atoms with van der Waals surface area (Å²) in [4.78, 5) is 22.6. The monoisotopic (exact) mass is 319 g/mol. The number of amides is 1. The molecule has 2 N–H and O–H groups in total. The van der Waals surface area contributed by atoms with Gasteiger partial charge in [0.25, 0.3) is 11.7 Å². The van der Waals surface area contributed by atoms with Crippen molar-refractivity contribution in [2.75, 3.05) is 13.1 Å². The molecule has 1 fully saturated rings. The van der Waals surface area contributed by atoms with Crippen LogP contribution in [-0.4, -0.2) is 65.4 Å². The van der Waals surface area contributed by atoms with Gasteiger partial charge in [-0.2, -0.15) is 10.1 Å². The number of hydrogen-bond donors (Lipinski definition) is 2. The molecule has 2 atom stereocenters. The first kappa shape index (κ1) is 15.8. The molecule has 0 spiro atoms. The van der Waals surface area contributed by atoms with Crippen molar-refractivity contribution in [1.82, 2.24) is 24.5 Å². The maximum Gasteiger partial charge on any atom is 0.272 e. The van der Waals surface area contributed by atoms with E-state index < -0.39 is 11.7 Å². The molecule has 2 aromatic rings. The molecule has 1 aliphatic heterocycles. The molecule has 1 amide bonds. The van der Waals surface area contributed by atoms with Crippen LogP contribution in [0.5, 0.6) is 0 Å². The Bertz CT molecular complexity index is 740. The Morgan fingerprint density at radius 1 is 1.48 bits per heavy atom. The minimum atomic E-state index is -1.16. The number of nitrogens with zero attached hydrogens (tertiary/aromatic N) is 5. The number of β-amino-alcohol motifs (C(OH)–C–C–N with tert-alkyl or cyclic N) is 1. The van der Waals surface area contributed by atoms with Gasteiger partial charge in [0.15, 0.2) is 0 Å². The summed E-state index contributed by atoms with van der Waals surface area (Å²) in [5, 5.41) is 24.1. The molecule has 0 radical (unpaired) electrons. The highest BCUT2D eigenvalue weighted by Crippen LogP contribution is 2.24. The van der Waals surface area contributed by atoms with Gasteiger partial charge in [0.1, 0.15) is 12.0 Å². The number of piperidine rings is 1. The highest BCUT2D eigenvalue weighted by Gasteiger charge is 2.38. The van der Waals surface area contributed by atoms with Crippen molar-refractivity contribution in [3.05, 3.63) is 23.8 Å². The second kappa shape index (κ2) is 5.54. The Morgan fingerprint density at radius 3 is 2.87 bits per heavy atom. The molecule has 8 nitrogen and oxygen atoms in total. The highest BCUT2D eigenvalue weighted by molar-refractivity contribution is 5.93. The van der Waals surface area contributed by atoms with Crippen LogP contribution in [0.15, 0.2) is 12.4 Å². The molecule has 0 unspecified atom stereocenters. The first-order valence-corrected chi connectivity index (χ1v) is 7.70. The number of hydrogen-bond acceptors (Lipinski definition) is 6. The van der Waals surface area contributed by atoms with Crippen molar-refractivity contribution in [3.8, 4) is 0 Å². The van der Waals surface area contributed by atoms with E-state index >= 15 is 0 Å². The second-order valence-corrected chi connectivity index (χ2v) is 6.57. The Labute approximate surface area is 133 Å². The fourth-order valence-corrected chi connectivity index (χ4v) is 2.73. The molecule has 3 heterocycles. The van der Waals surface area contributed by atoms with Crippen LogP contribution in [0.4, 0.5) is 0 Å². The Balaban J connectivity index is 1.92. The van der Waals surface area contributed by atoms with Crippen LogP contribution in [0.1, 0.15) is 49.3 Å². The molecule has 0 saturated carbocycles. The van der Waals surface area contributed by atoms with Gasteiger partial charge < -0.3 is 15.1 Å². The lowest BCUT2D eigenvalue weighted by Crippen LogP contribution is -2.55. The number of carbonyl (C=O) groups excluding carboxylic acids is 1. The van der Waals surface area contributed by atoms with Crippen LogP contribution >= 0.6 is 0 Å². The summed E-state index contributed by atoms with van der Waals surface area (Å²) in [5.74, 6) is 0.262. The zero-order valence-corrected chi connectivity index (χ0v) is 13.5. The van der Waals surface area contributed by atoms with E-state index in [1.807, 2.05) is 13.8 Å². The molecule has 0 bridgehead atoms. The molecule has 8 heteroatoms. The summed E-state index contributed by atoms with van der Waals surface area (Å²) in [6.07, 6.45) is 0.760. The Hall–Kier alpha value is -2.06. The number of aliphatic hydroxyl groups is 2. The lowest BCUT2D eigenvalue weighted by atomic mass is 9.90. The van der Waals surface area contributed by atoms with Crippen LogP contribution in [0.25, 0.3) is 5.78 Å². The highest BCUT2D eigenvalue weighted by atomic mass is 16.3. The predicted molar refractivity (Wildman–Crippen MR) is 82.0 cm³/mol. The zero-order chi connectivity index (χ0) is 16.8. The first-order valence-electron chi connectivity index (χ1n) is 7.70. The number of likely N-dealkylation sites (tertiary alicyclic amines) is 1. The Morgan fingerprint density at radius 2 is 2.22 bits per heavy atom. The zero-order valence-electron chi connectivity index (χ0n) is 13.5. The fraction of sp³-hybridized carbons (Fsp3) is 0.600. The van der Waals surface area contributed by atoms with Crippen LogP contribution in [0.3, 0.4) is 0 Å². The van der Waals surface area contributed by atoms with Gasteiger partial charge >= 0.3 is 0 Å². The summed E-state index contributed by atoms with van der Waals surface area (Å²) >= 11 is 0. The van der Waals surface area contributed by atoms with Crippen LogP contribution in [-0.2, 0) is 0 Å². The maximum absolute atomic E-state index is 12.7. The quantitative estimate of drug-likeness (QED) is 0.820. The molecule has 2 aromatic heterocycles. The molecule has 23 heavy (non-hydrogen) atoms. The number of aliphatic hydroxyl groups excluding tert-OH is 1. The molecule has 3 rings (SSSR count). The molecule has 0 aromatic carbocycles. The molecular formula is C15H21N5O3. The van der Waals surface area contributed by atoms with Crippen LogP contribution in [0.2, 0.25) is 0 Å². The van der Waals surface area contributed by atoms with Gasteiger partial charge in [0.05, 0.1) is 17.4 Å². The largest absolute Gasteiger partial charge is 0.388 e. The van der Waals surface area contributed by atoms with E-state index in [1.54, 1.807) is 17.5 Å². The summed E-state index contributed by atoms with van der Waals surface area (Å²) in [7, 11) is 0. The molecule has 1 saturated heterocycles. The van der Waals surface area contributed by atoms with E-state index in [4.69, 9.17) is 0 Å². The van der Waals surface area contributed by atoms with Gasteiger partial charge in [-0.25, -0.2) is 9.50 Å². The third-order valence-electron chi connectivity index (χ3n) is 4.38. The SMILES string of the molecule is CC(C)c1cc(C(=O)N2CC[C@@](C)(O)[C@H](O)C2)nc2ncnn12. The third-order valence-corrected chi connectivity index (χ3v) is 4.38. The number of fused-ring (bicyclic) bond motifs is 1. The van der Waals surface area contributed by atoms with Crippen LogP contribution in [0, 0.1) is 0 Å². The predicted octanol–water partition coefficient (Wildman–Crippen LogP) is 0.206. The number of aromatic nitrogens is 4.